The molecule has 1 saturated heterocycles. The van der Waals surface area contributed by atoms with E-state index in [4.69, 9.17) is 9.47 Å². The van der Waals surface area contributed by atoms with Crippen molar-refractivity contribution in [2.45, 2.75) is 71.6 Å². The lowest BCUT2D eigenvalue weighted by Crippen LogP contribution is -2.67. The van der Waals surface area contributed by atoms with Crippen LogP contribution in [-0.4, -0.2) is 82.5 Å². The van der Waals surface area contributed by atoms with Crippen molar-refractivity contribution >= 4 is 18.2 Å². The molecule has 1 unspecified atom stereocenters. The number of rotatable bonds is 5. The highest BCUT2D eigenvalue weighted by Crippen LogP contribution is 2.27. The summed E-state index contributed by atoms with van der Waals surface area (Å²) in [5, 5.41) is 12.6. The zero-order valence-corrected chi connectivity index (χ0v) is 18.1. The topological polar surface area (TPSA) is 108 Å². The van der Waals surface area contributed by atoms with Gasteiger partial charge in [0.25, 0.3) is 0 Å². The number of ether oxygens (including phenoxy) is 2. The minimum Gasteiger partial charge on any atom is -0.480 e. The molecular weight excluding hydrogens is 366 g/mol. The van der Waals surface area contributed by atoms with Gasteiger partial charge < -0.3 is 24.8 Å². The molecule has 0 aliphatic carbocycles. The van der Waals surface area contributed by atoms with E-state index in [-0.39, 0.29) is 13.1 Å². The molecule has 1 heterocycles. The summed E-state index contributed by atoms with van der Waals surface area (Å²) >= 11 is 0. The first-order valence-corrected chi connectivity index (χ1v) is 9.63. The third-order valence-electron chi connectivity index (χ3n) is 4.38. The largest absolute Gasteiger partial charge is 0.480 e. The zero-order chi connectivity index (χ0) is 21.8. The van der Waals surface area contributed by atoms with Crippen LogP contribution < -0.4 is 5.32 Å². The maximum atomic E-state index is 12.4. The fourth-order valence-corrected chi connectivity index (χ4v) is 3.06. The van der Waals surface area contributed by atoms with E-state index in [2.05, 4.69) is 5.32 Å². The SMILES string of the molecule is CCC1(C(=O)O)CN(C(=O)OC(C)(C)C)CCN1CCNC(=O)OC(C)(C)C. The molecule has 0 saturated carbocycles. The number of nitrogens with zero attached hydrogens (tertiary/aromatic N) is 2. The van der Waals surface area contributed by atoms with E-state index in [1.54, 1.807) is 53.4 Å². The lowest BCUT2D eigenvalue weighted by atomic mass is 9.90. The quantitative estimate of drug-likeness (QED) is 0.727. The molecule has 0 spiro atoms. The van der Waals surface area contributed by atoms with Crippen molar-refractivity contribution in [3.63, 3.8) is 0 Å². The van der Waals surface area contributed by atoms with Crippen molar-refractivity contribution in [2.75, 3.05) is 32.7 Å². The maximum Gasteiger partial charge on any atom is 0.410 e. The average molecular weight is 402 g/mol. The highest BCUT2D eigenvalue weighted by molar-refractivity contribution is 5.81. The fraction of sp³-hybridized carbons (Fsp3) is 0.842. The van der Waals surface area contributed by atoms with Crippen molar-refractivity contribution in [3.8, 4) is 0 Å². The number of carboxylic acids is 1. The Balaban J connectivity index is 2.78. The third kappa shape index (κ3) is 6.85. The van der Waals surface area contributed by atoms with Crippen LogP contribution in [0.1, 0.15) is 54.9 Å². The summed E-state index contributed by atoms with van der Waals surface area (Å²) in [4.78, 5) is 39.6. The van der Waals surface area contributed by atoms with E-state index in [1.807, 2.05) is 0 Å². The van der Waals surface area contributed by atoms with Crippen molar-refractivity contribution in [1.82, 2.24) is 15.1 Å². The smallest absolute Gasteiger partial charge is 0.410 e. The van der Waals surface area contributed by atoms with Gasteiger partial charge in [-0.15, -0.1) is 0 Å². The van der Waals surface area contributed by atoms with E-state index in [1.165, 1.54) is 4.90 Å². The third-order valence-corrected chi connectivity index (χ3v) is 4.38. The number of carbonyl (C=O) groups excluding carboxylic acids is 2. The molecule has 1 atom stereocenters. The Morgan fingerprint density at radius 1 is 1.04 bits per heavy atom. The number of carboxylic acid groups (broad SMARTS) is 1. The van der Waals surface area contributed by atoms with Crippen molar-refractivity contribution in [2.24, 2.45) is 0 Å². The first kappa shape index (κ1) is 24.0. The molecule has 1 aliphatic rings. The molecule has 1 aliphatic heterocycles. The van der Waals surface area contributed by atoms with Gasteiger partial charge in [0, 0.05) is 26.2 Å². The summed E-state index contributed by atoms with van der Waals surface area (Å²) in [6, 6.07) is 0. The van der Waals surface area contributed by atoms with Crippen LogP contribution in [0.25, 0.3) is 0 Å². The van der Waals surface area contributed by atoms with E-state index in [9.17, 15) is 19.5 Å². The molecule has 9 heteroatoms. The first-order chi connectivity index (χ1) is 12.7. The average Bonchev–Trinajstić information content (AvgIpc) is 2.51. The lowest BCUT2D eigenvalue weighted by Gasteiger charge is -2.47. The molecule has 9 nitrogen and oxygen atoms in total. The zero-order valence-electron chi connectivity index (χ0n) is 18.1. The van der Waals surface area contributed by atoms with Gasteiger partial charge in [0.1, 0.15) is 16.7 Å². The number of nitrogens with one attached hydrogen (secondary N) is 1. The predicted molar refractivity (Wildman–Crippen MR) is 104 cm³/mol. The summed E-state index contributed by atoms with van der Waals surface area (Å²) in [5.41, 5.74) is -2.48. The lowest BCUT2D eigenvalue weighted by molar-refractivity contribution is -0.156. The Hall–Kier alpha value is -2.03. The van der Waals surface area contributed by atoms with Gasteiger partial charge in [-0.1, -0.05) is 6.92 Å². The van der Waals surface area contributed by atoms with Crippen LogP contribution >= 0.6 is 0 Å². The number of hydrogen-bond donors (Lipinski definition) is 2. The molecule has 0 bridgehead atoms. The molecule has 0 aromatic carbocycles. The number of carbonyl (C=O) groups is 3. The molecule has 0 aromatic rings. The number of aliphatic carboxylic acids is 1. The van der Waals surface area contributed by atoms with Crippen LogP contribution in [-0.2, 0) is 14.3 Å². The highest BCUT2D eigenvalue weighted by atomic mass is 16.6. The van der Waals surface area contributed by atoms with Crippen LogP contribution in [0, 0.1) is 0 Å². The second-order valence-electron chi connectivity index (χ2n) is 9.01. The Morgan fingerprint density at radius 3 is 2.07 bits per heavy atom. The molecule has 28 heavy (non-hydrogen) atoms. The molecule has 2 N–H and O–H groups in total. The second kappa shape index (κ2) is 8.98. The predicted octanol–water partition coefficient (Wildman–Crippen LogP) is 2.30. The Bertz CT molecular complexity index is 579. The summed E-state index contributed by atoms with van der Waals surface area (Å²) < 4.78 is 10.6. The molecule has 0 aromatic heterocycles. The fourth-order valence-electron chi connectivity index (χ4n) is 3.06. The van der Waals surface area contributed by atoms with Gasteiger partial charge in [-0.2, -0.15) is 0 Å². The van der Waals surface area contributed by atoms with Gasteiger partial charge in [0.05, 0.1) is 6.54 Å². The Labute approximate surface area is 167 Å². The maximum absolute atomic E-state index is 12.4. The monoisotopic (exact) mass is 401 g/mol. The molecule has 1 rings (SSSR count). The highest BCUT2D eigenvalue weighted by Gasteiger charge is 2.48. The van der Waals surface area contributed by atoms with Crippen molar-refractivity contribution < 1.29 is 29.0 Å². The summed E-state index contributed by atoms with van der Waals surface area (Å²) in [5.74, 6) is -1.000. The van der Waals surface area contributed by atoms with Gasteiger partial charge in [-0.05, 0) is 48.0 Å². The standard InChI is InChI=1S/C19H35N3O6/c1-8-19(14(23)24)13-21(16(26)28-18(5,6)7)11-12-22(19)10-9-20-15(25)27-17(2,3)4/h8-13H2,1-7H3,(H,20,25)(H,23,24). The first-order valence-electron chi connectivity index (χ1n) is 9.63. The van der Waals surface area contributed by atoms with Gasteiger partial charge in [0.15, 0.2) is 0 Å². The van der Waals surface area contributed by atoms with Crippen LogP contribution in [0.2, 0.25) is 0 Å². The Kier molecular flexibility index (Phi) is 7.70. The molecule has 162 valence electrons. The normalized spacial score (nSPS) is 21.2. The minimum absolute atomic E-state index is 0.0280. The van der Waals surface area contributed by atoms with E-state index >= 15 is 0 Å². The van der Waals surface area contributed by atoms with E-state index in [0.29, 0.717) is 26.1 Å². The van der Waals surface area contributed by atoms with Crippen LogP contribution in [0.15, 0.2) is 0 Å². The number of piperazine rings is 1. The molecule has 1 fully saturated rings. The van der Waals surface area contributed by atoms with Crippen LogP contribution in [0.3, 0.4) is 0 Å². The van der Waals surface area contributed by atoms with Gasteiger partial charge >= 0.3 is 18.2 Å². The van der Waals surface area contributed by atoms with E-state index in [0.717, 1.165) is 0 Å². The summed E-state index contributed by atoms with van der Waals surface area (Å²) in [6.45, 7) is 13.7. The number of hydrogen-bond acceptors (Lipinski definition) is 6. The summed E-state index contributed by atoms with van der Waals surface area (Å²) in [6.07, 6.45) is -0.746. The minimum atomic E-state index is -1.23. The molecule has 0 radical (unpaired) electrons. The number of amides is 2. The van der Waals surface area contributed by atoms with Crippen molar-refractivity contribution in [1.29, 1.82) is 0 Å². The van der Waals surface area contributed by atoms with Crippen molar-refractivity contribution in [3.05, 3.63) is 0 Å². The van der Waals surface area contributed by atoms with E-state index < -0.39 is 34.9 Å². The van der Waals surface area contributed by atoms with Gasteiger partial charge in [0.2, 0.25) is 0 Å². The second-order valence-corrected chi connectivity index (χ2v) is 9.01. The van der Waals surface area contributed by atoms with Gasteiger partial charge in [-0.25, -0.2) is 9.59 Å². The van der Waals surface area contributed by atoms with Gasteiger partial charge in [-0.3, -0.25) is 9.69 Å². The summed E-state index contributed by atoms with van der Waals surface area (Å²) in [7, 11) is 0. The molecular formula is C19H35N3O6. The van der Waals surface area contributed by atoms with Crippen LogP contribution in [0.4, 0.5) is 9.59 Å². The Morgan fingerprint density at radius 2 is 1.61 bits per heavy atom. The molecule has 2 amide bonds. The number of alkyl carbamates (subject to hydrolysis) is 1. The van der Waals surface area contributed by atoms with Crippen LogP contribution in [0.5, 0.6) is 0 Å².